The molecule has 0 aromatic carbocycles. The molecule has 0 aromatic rings. The summed E-state index contributed by atoms with van der Waals surface area (Å²) in [5, 5.41) is 0. The second-order valence-electron chi connectivity index (χ2n) is 9.63. The van der Waals surface area contributed by atoms with Crippen LogP contribution in [0, 0.1) is 22.7 Å². The first-order valence-corrected chi connectivity index (χ1v) is 9.15. The molecule has 2 heteroatoms. The van der Waals surface area contributed by atoms with Crippen molar-refractivity contribution in [2.45, 2.75) is 79.2 Å². The Morgan fingerprint density at radius 1 is 1.10 bits per heavy atom. The van der Waals surface area contributed by atoms with E-state index in [9.17, 15) is 0 Å². The number of likely N-dealkylation sites (tertiary alicyclic amines) is 1. The van der Waals surface area contributed by atoms with Gasteiger partial charge >= 0.3 is 0 Å². The molecule has 2 fully saturated rings. The fourth-order valence-corrected chi connectivity index (χ4v) is 4.49. The minimum atomic E-state index is 0.430. The van der Waals surface area contributed by atoms with Crippen molar-refractivity contribution in [3.63, 3.8) is 0 Å². The Bertz CT molecular complexity index is 329. The van der Waals surface area contributed by atoms with E-state index in [0.717, 1.165) is 5.92 Å². The van der Waals surface area contributed by atoms with Gasteiger partial charge in [0, 0.05) is 12.6 Å². The van der Waals surface area contributed by atoms with Crippen LogP contribution in [0.2, 0.25) is 0 Å². The Morgan fingerprint density at radius 3 is 2.48 bits per heavy atom. The molecule has 1 aliphatic carbocycles. The lowest BCUT2D eigenvalue weighted by Gasteiger charge is -2.41. The summed E-state index contributed by atoms with van der Waals surface area (Å²) >= 11 is 0. The van der Waals surface area contributed by atoms with Crippen LogP contribution in [0.5, 0.6) is 0 Å². The molecule has 2 nitrogen and oxygen atoms in total. The van der Waals surface area contributed by atoms with Crippen molar-refractivity contribution in [2.75, 3.05) is 19.6 Å². The van der Waals surface area contributed by atoms with Gasteiger partial charge in [0.2, 0.25) is 0 Å². The van der Waals surface area contributed by atoms with Gasteiger partial charge in [-0.05, 0) is 74.3 Å². The van der Waals surface area contributed by atoms with Gasteiger partial charge in [-0.1, -0.05) is 34.6 Å². The van der Waals surface area contributed by atoms with Crippen molar-refractivity contribution in [3.8, 4) is 0 Å². The highest BCUT2D eigenvalue weighted by Crippen LogP contribution is 2.39. The van der Waals surface area contributed by atoms with Crippen molar-refractivity contribution in [3.05, 3.63) is 0 Å². The van der Waals surface area contributed by atoms with E-state index < -0.39 is 0 Å². The first-order chi connectivity index (χ1) is 9.67. The maximum absolute atomic E-state index is 6.43. The lowest BCUT2D eigenvalue weighted by Crippen LogP contribution is -2.45. The topological polar surface area (TPSA) is 29.3 Å². The number of hydrogen-bond acceptors (Lipinski definition) is 2. The summed E-state index contributed by atoms with van der Waals surface area (Å²) < 4.78 is 0. The van der Waals surface area contributed by atoms with Gasteiger partial charge in [-0.3, -0.25) is 0 Å². The second kappa shape index (κ2) is 6.58. The monoisotopic (exact) mass is 294 g/mol. The van der Waals surface area contributed by atoms with Crippen molar-refractivity contribution < 1.29 is 0 Å². The van der Waals surface area contributed by atoms with Crippen LogP contribution < -0.4 is 5.73 Å². The summed E-state index contributed by atoms with van der Waals surface area (Å²) in [4.78, 5) is 2.72. The lowest BCUT2D eigenvalue weighted by molar-refractivity contribution is 0.114. The molecule has 0 bridgehead atoms. The maximum atomic E-state index is 6.43. The Hall–Kier alpha value is -0.0800. The molecular formula is C19H38N2. The predicted molar refractivity (Wildman–Crippen MR) is 92.3 cm³/mol. The van der Waals surface area contributed by atoms with Gasteiger partial charge in [-0.15, -0.1) is 0 Å². The van der Waals surface area contributed by atoms with Crippen LogP contribution in [0.4, 0.5) is 0 Å². The van der Waals surface area contributed by atoms with Crippen LogP contribution in [0.15, 0.2) is 0 Å². The lowest BCUT2D eigenvalue weighted by atomic mass is 9.70. The first-order valence-electron chi connectivity index (χ1n) is 9.15. The van der Waals surface area contributed by atoms with E-state index in [-0.39, 0.29) is 0 Å². The Morgan fingerprint density at radius 2 is 1.81 bits per heavy atom. The average Bonchev–Trinajstić information content (AvgIpc) is 2.59. The molecule has 1 saturated carbocycles. The Kier molecular flexibility index (Phi) is 5.41. The summed E-state index contributed by atoms with van der Waals surface area (Å²) in [5.74, 6) is 1.60. The van der Waals surface area contributed by atoms with Crippen molar-refractivity contribution in [1.82, 2.24) is 4.90 Å². The fraction of sp³-hybridized carbons (Fsp3) is 1.00. The van der Waals surface area contributed by atoms with Crippen LogP contribution in [0.3, 0.4) is 0 Å². The highest BCUT2D eigenvalue weighted by atomic mass is 15.1. The van der Waals surface area contributed by atoms with E-state index in [1.165, 1.54) is 58.2 Å². The molecule has 1 heterocycles. The van der Waals surface area contributed by atoms with Crippen LogP contribution >= 0.6 is 0 Å². The minimum absolute atomic E-state index is 0.430. The van der Waals surface area contributed by atoms with Crippen LogP contribution in [-0.2, 0) is 0 Å². The zero-order chi connectivity index (χ0) is 15.7. The van der Waals surface area contributed by atoms with Gasteiger partial charge in [-0.2, -0.15) is 0 Å². The summed E-state index contributed by atoms with van der Waals surface area (Å²) in [5.41, 5.74) is 7.40. The van der Waals surface area contributed by atoms with E-state index in [0.29, 0.717) is 22.8 Å². The summed E-state index contributed by atoms with van der Waals surface area (Å²) in [6.07, 6.45) is 7.98. The minimum Gasteiger partial charge on any atom is -0.327 e. The fourth-order valence-electron chi connectivity index (χ4n) is 4.49. The van der Waals surface area contributed by atoms with Crippen LogP contribution in [0.25, 0.3) is 0 Å². The molecule has 1 saturated heterocycles. The molecule has 0 spiro atoms. The van der Waals surface area contributed by atoms with E-state index in [1.54, 1.807) is 0 Å². The molecule has 0 radical (unpaired) electrons. The predicted octanol–water partition coefficient (Wildman–Crippen LogP) is 4.29. The largest absolute Gasteiger partial charge is 0.327 e. The van der Waals surface area contributed by atoms with Gasteiger partial charge in [-0.25, -0.2) is 0 Å². The highest BCUT2D eigenvalue weighted by molar-refractivity contribution is 4.89. The van der Waals surface area contributed by atoms with Gasteiger partial charge in [0.1, 0.15) is 0 Å². The van der Waals surface area contributed by atoms with Gasteiger partial charge in [0.15, 0.2) is 0 Å². The van der Waals surface area contributed by atoms with Gasteiger partial charge < -0.3 is 10.6 Å². The maximum Gasteiger partial charge on any atom is 0.00797 e. The molecule has 124 valence electrons. The Labute approximate surface area is 132 Å². The van der Waals surface area contributed by atoms with Crippen molar-refractivity contribution in [1.29, 1.82) is 0 Å². The van der Waals surface area contributed by atoms with Crippen LogP contribution in [-0.4, -0.2) is 30.6 Å². The molecule has 0 aromatic heterocycles. The molecule has 0 amide bonds. The zero-order valence-corrected chi connectivity index (χ0v) is 15.1. The average molecular weight is 295 g/mol. The first kappa shape index (κ1) is 17.3. The molecule has 1 aliphatic heterocycles. The Balaban J connectivity index is 1.88. The molecular weight excluding hydrogens is 256 g/mol. The summed E-state index contributed by atoms with van der Waals surface area (Å²) in [6.45, 7) is 15.9. The van der Waals surface area contributed by atoms with E-state index in [2.05, 4.69) is 39.5 Å². The third-order valence-electron chi connectivity index (χ3n) is 6.11. The number of nitrogens with zero attached hydrogens (tertiary/aromatic N) is 1. The van der Waals surface area contributed by atoms with Gasteiger partial charge in [0.25, 0.3) is 0 Å². The van der Waals surface area contributed by atoms with E-state index in [1.807, 2.05) is 0 Å². The SMILES string of the molecule is CC1(C)CCC(N)C(CN2CCCC(C(C)(C)C)CC2)C1. The number of rotatable bonds is 2. The second-order valence-corrected chi connectivity index (χ2v) is 9.63. The highest BCUT2D eigenvalue weighted by Gasteiger charge is 2.34. The molecule has 2 rings (SSSR count). The normalized spacial score (nSPS) is 35.4. The summed E-state index contributed by atoms with van der Waals surface area (Å²) in [6, 6.07) is 0.430. The third kappa shape index (κ3) is 4.96. The van der Waals surface area contributed by atoms with Crippen molar-refractivity contribution >= 4 is 0 Å². The smallest absolute Gasteiger partial charge is 0.00797 e. The third-order valence-corrected chi connectivity index (χ3v) is 6.11. The molecule has 21 heavy (non-hydrogen) atoms. The van der Waals surface area contributed by atoms with E-state index >= 15 is 0 Å². The van der Waals surface area contributed by atoms with E-state index in [4.69, 9.17) is 5.73 Å². The molecule has 3 unspecified atom stereocenters. The standard InChI is InChI=1S/C19H38N2/c1-18(2,3)16-7-6-11-21(12-9-16)14-15-13-19(4,5)10-8-17(15)20/h15-17H,6-14,20H2,1-5H3. The van der Waals surface area contributed by atoms with Crippen LogP contribution in [0.1, 0.15) is 73.1 Å². The molecule has 3 atom stereocenters. The molecule has 2 N–H and O–H groups in total. The number of nitrogens with two attached hydrogens (primary N) is 1. The summed E-state index contributed by atoms with van der Waals surface area (Å²) in [7, 11) is 0. The quantitative estimate of drug-likeness (QED) is 0.823. The molecule has 2 aliphatic rings. The number of hydrogen-bond donors (Lipinski definition) is 1. The van der Waals surface area contributed by atoms with Crippen molar-refractivity contribution in [2.24, 2.45) is 28.4 Å². The zero-order valence-electron chi connectivity index (χ0n) is 15.1. The van der Waals surface area contributed by atoms with Gasteiger partial charge in [0.05, 0.1) is 0 Å².